The molecule has 112 valence electrons. The molecule has 1 aromatic heterocycles. The minimum atomic E-state index is -0.443. The zero-order valence-corrected chi connectivity index (χ0v) is 13.5. The number of amides is 1. The van der Waals surface area contributed by atoms with Crippen LogP contribution in [0.15, 0.2) is 28.2 Å². The maximum Gasteiger partial charge on any atom is 0.260 e. The number of hydrogen-bond donors (Lipinski definition) is 2. The maximum atomic E-state index is 11.7. The van der Waals surface area contributed by atoms with Gasteiger partial charge >= 0.3 is 0 Å². The van der Waals surface area contributed by atoms with Gasteiger partial charge in [0.15, 0.2) is 0 Å². The summed E-state index contributed by atoms with van der Waals surface area (Å²) in [5, 5.41) is 3.17. The van der Waals surface area contributed by atoms with Gasteiger partial charge in [-0.15, -0.1) is 11.3 Å². The van der Waals surface area contributed by atoms with Crippen molar-refractivity contribution in [2.45, 2.75) is 39.2 Å². The second-order valence-corrected chi connectivity index (χ2v) is 7.09. The molecule has 6 heteroatoms. The number of aliphatic imine (C=N–C) groups is 2. The van der Waals surface area contributed by atoms with Crippen LogP contribution in [0.2, 0.25) is 0 Å². The van der Waals surface area contributed by atoms with E-state index in [1.54, 1.807) is 0 Å². The quantitative estimate of drug-likeness (QED) is 0.881. The van der Waals surface area contributed by atoms with Gasteiger partial charge in [0, 0.05) is 10.5 Å². The van der Waals surface area contributed by atoms with Gasteiger partial charge in [-0.05, 0) is 18.4 Å². The lowest BCUT2D eigenvalue weighted by molar-refractivity contribution is 0.100. The van der Waals surface area contributed by atoms with Crippen molar-refractivity contribution in [1.29, 1.82) is 0 Å². The van der Waals surface area contributed by atoms with Crippen LogP contribution in [0.3, 0.4) is 0 Å². The molecule has 1 aromatic rings. The molecule has 1 unspecified atom stereocenters. The Morgan fingerprint density at radius 3 is 2.71 bits per heavy atom. The van der Waals surface area contributed by atoms with E-state index in [0.29, 0.717) is 16.4 Å². The van der Waals surface area contributed by atoms with Crippen LogP contribution in [0.5, 0.6) is 0 Å². The molecule has 1 aliphatic rings. The van der Waals surface area contributed by atoms with Crippen molar-refractivity contribution >= 4 is 35.1 Å². The molecule has 0 saturated carbocycles. The van der Waals surface area contributed by atoms with E-state index in [2.05, 4.69) is 42.7 Å². The third-order valence-corrected chi connectivity index (χ3v) is 4.81. The molecule has 0 spiro atoms. The van der Waals surface area contributed by atoms with E-state index in [1.165, 1.54) is 17.7 Å². The topological polar surface area (TPSA) is 79.8 Å². The molecule has 0 bridgehead atoms. The highest BCUT2D eigenvalue weighted by Gasteiger charge is 2.24. The van der Waals surface area contributed by atoms with Crippen molar-refractivity contribution in [3.63, 3.8) is 0 Å². The Labute approximate surface area is 128 Å². The molecular weight excluding hydrogens is 284 g/mol. The smallest absolute Gasteiger partial charge is 0.260 e. The molecule has 1 aliphatic heterocycles. The highest BCUT2D eigenvalue weighted by molar-refractivity contribution is 7.14. The molecule has 1 atom stereocenters. The van der Waals surface area contributed by atoms with Crippen LogP contribution >= 0.6 is 11.3 Å². The highest BCUT2D eigenvalue weighted by Crippen LogP contribution is 2.35. The number of nitrogens with zero attached hydrogens (tertiary/aromatic N) is 2. The molecule has 21 heavy (non-hydrogen) atoms. The van der Waals surface area contributed by atoms with Crippen molar-refractivity contribution in [2.75, 3.05) is 5.32 Å². The second-order valence-electron chi connectivity index (χ2n) is 6.04. The van der Waals surface area contributed by atoms with E-state index in [9.17, 15) is 4.79 Å². The predicted octanol–water partition coefficient (Wildman–Crippen LogP) is 2.94. The zero-order chi connectivity index (χ0) is 15.8. The molecule has 1 amide bonds. The van der Waals surface area contributed by atoms with E-state index in [1.807, 2.05) is 13.0 Å². The lowest BCUT2D eigenvalue weighted by Gasteiger charge is -2.18. The van der Waals surface area contributed by atoms with E-state index in [-0.39, 0.29) is 11.5 Å². The van der Waals surface area contributed by atoms with Crippen LogP contribution < -0.4 is 11.1 Å². The van der Waals surface area contributed by atoms with Crippen LogP contribution in [0.1, 0.15) is 42.2 Å². The fourth-order valence-corrected chi connectivity index (χ4v) is 2.86. The van der Waals surface area contributed by atoms with E-state index in [0.717, 1.165) is 10.5 Å². The number of thiophene rings is 1. The van der Waals surface area contributed by atoms with Gasteiger partial charge in [0.05, 0.1) is 11.7 Å². The number of amidine groups is 1. The van der Waals surface area contributed by atoms with E-state index < -0.39 is 5.91 Å². The molecule has 2 rings (SSSR count). The van der Waals surface area contributed by atoms with E-state index in [4.69, 9.17) is 5.73 Å². The number of nitrogens with one attached hydrogen (secondary N) is 1. The Balaban J connectivity index is 2.38. The molecule has 0 fully saturated rings. The summed E-state index contributed by atoms with van der Waals surface area (Å²) in [5.74, 6) is 0.181. The Kier molecular flexibility index (Phi) is 4.00. The van der Waals surface area contributed by atoms with Crippen molar-refractivity contribution in [2.24, 2.45) is 15.7 Å². The van der Waals surface area contributed by atoms with Gasteiger partial charge in [0.2, 0.25) is 0 Å². The molecule has 5 nitrogen and oxygen atoms in total. The molecule has 2 heterocycles. The van der Waals surface area contributed by atoms with Gasteiger partial charge in [0.1, 0.15) is 17.1 Å². The number of nitrogens with two attached hydrogens (primary N) is 1. The lowest BCUT2D eigenvalue weighted by Crippen LogP contribution is -2.24. The fraction of sp³-hybridized carbons (Fsp3) is 0.400. The Morgan fingerprint density at radius 2 is 2.14 bits per heavy atom. The number of rotatable bonds is 2. The summed E-state index contributed by atoms with van der Waals surface area (Å²) in [6.07, 6.45) is 1.50. The van der Waals surface area contributed by atoms with Crippen molar-refractivity contribution in [3.8, 4) is 0 Å². The number of hydrogen-bond acceptors (Lipinski definition) is 5. The molecule has 3 N–H and O–H groups in total. The number of carbonyl (C=O) groups excluding carboxylic acids is 1. The summed E-state index contributed by atoms with van der Waals surface area (Å²) in [4.78, 5) is 21.6. The zero-order valence-electron chi connectivity index (χ0n) is 12.7. The monoisotopic (exact) mass is 304 g/mol. The van der Waals surface area contributed by atoms with Gasteiger partial charge in [-0.1, -0.05) is 27.4 Å². The minimum Gasteiger partial charge on any atom is -0.365 e. The normalized spacial score (nSPS) is 18.6. The summed E-state index contributed by atoms with van der Waals surface area (Å²) in [6, 6.07) is 1.93. The van der Waals surface area contributed by atoms with Crippen LogP contribution in [0.4, 0.5) is 5.69 Å². The third kappa shape index (κ3) is 3.21. The van der Waals surface area contributed by atoms with E-state index >= 15 is 0 Å². The van der Waals surface area contributed by atoms with Crippen LogP contribution in [0, 0.1) is 0 Å². The van der Waals surface area contributed by atoms with Crippen LogP contribution in [0.25, 0.3) is 0 Å². The third-order valence-electron chi connectivity index (χ3n) is 3.23. The molecular formula is C15H20N4OS. The Morgan fingerprint density at radius 1 is 1.48 bits per heavy atom. The number of anilines is 1. The predicted molar refractivity (Wildman–Crippen MR) is 89.7 cm³/mol. The fourth-order valence-electron chi connectivity index (χ4n) is 1.84. The van der Waals surface area contributed by atoms with Gasteiger partial charge in [0.25, 0.3) is 5.91 Å². The highest BCUT2D eigenvalue weighted by atomic mass is 32.1. The summed E-state index contributed by atoms with van der Waals surface area (Å²) in [7, 11) is 0. The van der Waals surface area contributed by atoms with Gasteiger partial charge < -0.3 is 11.1 Å². The summed E-state index contributed by atoms with van der Waals surface area (Å²) in [6.45, 7) is 12.2. The SMILES string of the molecule is C=C1C(Nc2cc(C(C)(C)C)sc2C(N)=O)=NC=NC1C. The Bertz CT molecular complexity index is 649. The maximum absolute atomic E-state index is 11.7. The van der Waals surface area contributed by atoms with Gasteiger partial charge in [-0.25, -0.2) is 4.99 Å². The van der Waals surface area contributed by atoms with Crippen molar-refractivity contribution in [3.05, 3.63) is 28.0 Å². The summed E-state index contributed by atoms with van der Waals surface area (Å²) >= 11 is 1.41. The van der Waals surface area contributed by atoms with Gasteiger partial charge in [-0.3, -0.25) is 9.79 Å². The number of primary amides is 1. The first kappa shape index (κ1) is 15.4. The largest absolute Gasteiger partial charge is 0.365 e. The van der Waals surface area contributed by atoms with Crippen molar-refractivity contribution < 1.29 is 4.79 Å². The molecule has 0 aliphatic carbocycles. The first-order valence-corrected chi connectivity index (χ1v) is 7.51. The Hall–Kier alpha value is -1.95. The molecule has 0 saturated heterocycles. The summed E-state index contributed by atoms with van der Waals surface area (Å²) in [5.41, 5.74) is 6.90. The average Bonchev–Trinajstić information content (AvgIpc) is 2.79. The second kappa shape index (κ2) is 5.44. The first-order chi connectivity index (χ1) is 9.70. The van der Waals surface area contributed by atoms with Gasteiger partial charge in [-0.2, -0.15) is 0 Å². The minimum absolute atomic E-state index is 0.0252. The summed E-state index contributed by atoms with van der Waals surface area (Å²) < 4.78 is 0. The molecule has 0 radical (unpaired) electrons. The standard InChI is InChI=1S/C15H20N4OS/c1-8-9(2)17-7-18-14(8)19-10-6-11(15(3,4)5)21-12(10)13(16)20/h6-7,9H,1H2,2-5H3,(H2,16,20)(H,17,18,19). The van der Waals surface area contributed by atoms with Crippen LogP contribution in [-0.4, -0.2) is 24.1 Å². The van der Waals surface area contributed by atoms with Crippen LogP contribution in [-0.2, 0) is 5.41 Å². The van der Waals surface area contributed by atoms with Crippen molar-refractivity contribution in [1.82, 2.24) is 0 Å². The molecule has 0 aromatic carbocycles. The average molecular weight is 304 g/mol. The first-order valence-electron chi connectivity index (χ1n) is 6.70. The lowest BCUT2D eigenvalue weighted by atomic mass is 9.94. The number of carbonyl (C=O) groups is 1.